The van der Waals surface area contributed by atoms with E-state index in [2.05, 4.69) is 17.6 Å². The Hall–Kier alpha value is -2.57. The van der Waals surface area contributed by atoms with Gasteiger partial charge in [0, 0.05) is 13.1 Å². The summed E-state index contributed by atoms with van der Waals surface area (Å²) in [5, 5.41) is 5.82. The third kappa shape index (κ3) is 8.65. The number of hydrogen-bond acceptors (Lipinski definition) is 4. The van der Waals surface area contributed by atoms with Gasteiger partial charge in [0.05, 0.1) is 0 Å². The molecule has 0 bridgehead atoms. The highest BCUT2D eigenvalue weighted by Crippen LogP contribution is 2.27. The fraction of sp³-hybridized carbons (Fsp3) is 0.667. The van der Waals surface area contributed by atoms with Crippen LogP contribution in [0.1, 0.15) is 90.5 Å². The van der Waals surface area contributed by atoms with E-state index in [9.17, 15) is 14.4 Å². The number of benzene rings is 1. The number of hydrogen-bond donors (Lipinski definition) is 2. The quantitative estimate of drug-likeness (QED) is 0.496. The molecule has 7 nitrogen and oxygen atoms in total. The van der Waals surface area contributed by atoms with Gasteiger partial charge in [-0.1, -0.05) is 57.4 Å². The second-order valence-corrected chi connectivity index (χ2v) is 10.4. The van der Waals surface area contributed by atoms with Gasteiger partial charge in [-0.15, -0.1) is 0 Å². The summed E-state index contributed by atoms with van der Waals surface area (Å²) in [5.74, 6) is -0.709. The van der Waals surface area contributed by atoms with Crippen LogP contribution in [0.15, 0.2) is 18.2 Å². The van der Waals surface area contributed by atoms with Crippen LogP contribution in [0.3, 0.4) is 0 Å². The van der Waals surface area contributed by atoms with Crippen molar-refractivity contribution in [2.75, 3.05) is 7.05 Å². The van der Waals surface area contributed by atoms with Crippen LogP contribution >= 0.6 is 0 Å². The van der Waals surface area contributed by atoms with Crippen LogP contribution in [0.4, 0.5) is 4.79 Å². The topological polar surface area (TPSA) is 87.7 Å². The van der Waals surface area contributed by atoms with Crippen molar-refractivity contribution in [2.24, 2.45) is 5.92 Å². The number of carbonyl (C=O) groups excluding carboxylic acids is 3. The Morgan fingerprint density at radius 2 is 1.68 bits per heavy atom. The number of rotatable bonds is 10. The van der Waals surface area contributed by atoms with Gasteiger partial charge in [0.2, 0.25) is 11.8 Å². The lowest BCUT2D eigenvalue weighted by molar-refractivity contribution is -0.142. The van der Waals surface area contributed by atoms with E-state index in [0.29, 0.717) is 6.42 Å². The van der Waals surface area contributed by atoms with Crippen LogP contribution in [-0.4, -0.2) is 47.5 Å². The number of aryl methyl sites for hydroxylation is 2. The summed E-state index contributed by atoms with van der Waals surface area (Å²) in [6.07, 6.45) is 1.82. The number of nitrogens with one attached hydrogen (secondary N) is 2. The van der Waals surface area contributed by atoms with E-state index in [1.807, 2.05) is 52.8 Å². The minimum atomic E-state index is -0.821. The lowest BCUT2D eigenvalue weighted by atomic mass is 9.94. The zero-order valence-electron chi connectivity index (χ0n) is 22.7. The molecule has 1 rings (SSSR count). The molecule has 0 spiro atoms. The molecular formula is C27H45N3O4. The van der Waals surface area contributed by atoms with E-state index >= 15 is 0 Å². The second-order valence-electron chi connectivity index (χ2n) is 10.4. The lowest BCUT2D eigenvalue weighted by Gasteiger charge is -2.34. The largest absolute Gasteiger partial charge is 0.444 e. The van der Waals surface area contributed by atoms with E-state index < -0.39 is 23.8 Å². The zero-order valence-corrected chi connectivity index (χ0v) is 22.7. The fourth-order valence-corrected chi connectivity index (χ4v) is 3.87. The van der Waals surface area contributed by atoms with E-state index in [0.717, 1.165) is 29.5 Å². The summed E-state index contributed by atoms with van der Waals surface area (Å²) in [6, 6.07) is 4.24. The summed E-state index contributed by atoms with van der Waals surface area (Å²) in [6.45, 7) is 17.1. The first-order chi connectivity index (χ1) is 15.7. The second kappa shape index (κ2) is 12.8. The van der Waals surface area contributed by atoms with E-state index in [4.69, 9.17) is 4.74 Å². The van der Waals surface area contributed by atoms with Crippen LogP contribution < -0.4 is 10.6 Å². The Bertz CT molecular complexity index is 847. The fourth-order valence-electron chi connectivity index (χ4n) is 3.87. The zero-order chi connectivity index (χ0) is 26.2. The smallest absolute Gasteiger partial charge is 0.408 e. The van der Waals surface area contributed by atoms with Gasteiger partial charge in [-0.3, -0.25) is 9.59 Å². The Labute approximate surface area is 206 Å². The molecule has 4 unspecified atom stereocenters. The summed E-state index contributed by atoms with van der Waals surface area (Å²) < 4.78 is 5.40. The van der Waals surface area contributed by atoms with E-state index in [1.165, 1.54) is 4.90 Å². The number of ether oxygens (including phenoxy) is 1. The van der Waals surface area contributed by atoms with Crippen molar-refractivity contribution in [3.05, 3.63) is 34.9 Å². The molecule has 0 aromatic heterocycles. The molecule has 1 aromatic rings. The van der Waals surface area contributed by atoms with Crippen molar-refractivity contribution in [3.8, 4) is 0 Å². The molecule has 1 aromatic carbocycles. The van der Waals surface area contributed by atoms with Gasteiger partial charge in [-0.25, -0.2) is 4.79 Å². The highest BCUT2D eigenvalue weighted by molar-refractivity contribution is 5.92. The summed E-state index contributed by atoms with van der Waals surface area (Å²) in [4.78, 5) is 41.2. The maximum Gasteiger partial charge on any atom is 0.408 e. The molecule has 0 aliphatic carbocycles. The first-order valence-electron chi connectivity index (χ1n) is 12.3. The predicted molar refractivity (Wildman–Crippen MR) is 137 cm³/mol. The minimum absolute atomic E-state index is 0.0149. The molecule has 0 saturated carbocycles. The van der Waals surface area contributed by atoms with Gasteiger partial charge in [0.25, 0.3) is 0 Å². The molecule has 3 amide bonds. The monoisotopic (exact) mass is 475 g/mol. The molecule has 34 heavy (non-hydrogen) atoms. The predicted octanol–water partition coefficient (Wildman–Crippen LogP) is 5.05. The lowest BCUT2D eigenvalue weighted by Crippen LogP contribution is -2.54. The molecule has 0 radical (unpaired) electrons. The van der Waals surface area contributed by atoms with Gasteiger partial charge in [-0.05, 0) is 65.0 Å². The molecule has 0 fully saturated rings. The van der Waals surface area contributed by atoms with Crippen molar-refractivity contribution in [3.63, 3.8) is 0 Å². The third-order valence-electron chi connectivity index (χ3n) is 5.97. The van der Waals surface area contributed by atoms with Gasteiger partial charge in [0.1, 0.15) is 17.7 Å². The Morgan fingerprint density at radius 3 is 2.21 bits per heavy atom. The van der Waals surface area contributed by atoms with Crippen molar-refractivity contribution in [2.45, 2.75) is 105 Å². The van der Waals surface area contributed by atoms with Crippen LogP contribution in [0.25, 0.3) is 0 Å². The molecule has 4 atom stereocenters. The maximum absolute atomic E-state index is 13.7. The van der Waals surface area contributed by atoms with Crippen molar-refractivity contribution in [1.82, 2.24) is 15.5 Å². The van der Waals surface area contributed by atoms with Crippen molar-refractivity contribution >= 4 is 17.9 Å². The van der Waals surface area contributed by atoms with E-state index in [1.54, 1.807) is 27.8 Å². The molecule has 2 N–H and O–H groups in total. The minimum Gasteiger partial charge on any atom is -0.444 e. The Kier molecular flexibility index (Phi) is 11.1. The summed E-state index contributed by atoms with van der Waals surface area (Å²) in [7, 11) is 1.63. The van der Waals surface area contributed by atoms with Crippen LogP contribution in [-0.2, 0) is 14.3 Å². The number of nitrogens with zero attached hydrogens (tertiary/aromatic N) is 1. The number of amides is 3. The van der Waals surface area contributed by atoms with Gasteiger partial charge < -0.3 is 20.3 Å². The summed E-state index contributed by atoms with van der Waals surface area (Å²) >= 11 is 0. The molecule has 0 aliphatic rings. The third-order valence-corrected chi connectivity index (χ3v) is 5.97. The number of alkyl carbamates (subject to hydrolysis) is 1. The molecule has 0 heterocycles. The Balaban J connectivity index is 3.37. The maximum atomic E-state index is 13.7. The Morgan fingerprint density at radius 1 is 1.06 bits per heavy atom. The van der Waals surface area contributed by atoms with E-state index in [-0.39, 0.29) is 23.8 Å². The molecule has 192 valence electrons. The molecule has 7 heteroatoms. The standard InChI is InChI=1S/C27H45N3O4/c1-11-13-20(6)28-24(31)23(21-16-17(3)14-15-19(21)5)30(10)25(32)22(18(4)12-2)29-26(33)34-27(7,8)9/h14-16,18,20,22-23H,11-13H2,1-10H3,(H,28,31)(H,29,33). The van der Waals surface area contributed by atoms with Crippen LogP contribution in [0.2, 0.25) is 0 Å². The highest BCUT2D eigenvalue weighted by Gasteiger charge is 2.37. The summed E-state index contributed by atoms with van der Waals surface area (Å²) in [5.41, 5.74) is 2.02. The molecule has 0 aliphatic heterocycles. The van der Waals surface area contributed by atoms with Gasteiger partial charge in [-0.2, -0.15) is 0 Å². The average molecular weight is 476 g/mol. The van der Waals surface area contributed by atoms with Gasteiger partial charge in [0.15, 0.2) is 0 Å². The number of likely N-dealkylation sites (N-methyl/N-ethyl adjacent to an activating group) is 1. The normalized spacial score (nSPS) is 15.0. The van der Waals surface area contributed by atoms with Crippen molar-refractivity contribution < 1.29 is 19.1 Å². The van der Waals surface area contributed by atoms with Crippen LogP contribution in [0.5, 0.6) is 0 Å². The first kappa shape index (κ1) is 29.5. The van der Waals surface area contributed by atoms with Crippen LogP contribution in [0, 0.1) is 19.8 Å². The average Bonchev–Trinajstić information content (AvgIpc) is 2.72. The molecule has 0 saturated heterocycles. The number of carbonyl (C=O) groups is 3. The van der Waals surface area contributed by atoms with Gasteiger partial charge >= 0.3 is 6.09 Å². The highest BCUT2D eigenvalue weighted by atomic mass is 16.6. The van der Waals surface area contributed by atoms with Crippen molar-refractivity contribution in [1.29, 1.82) is 0 Å². The first-order valence-corrected chi connectivity index (χ1v) is 12.3. The molecular weight excluding hydrogens is 430 g/mol. The SMILES string of the molecule is CCCC(C)NC(=O)C(c1cc(C)ccc1C)N(C)C(=O)C(NC(=O)OC(C)(C)C)C(C)CC.